The van der Waals surface area contributed by atoms with Gasteiger partial charge in [-0.3, -0.25) is 0 Å². The molecule has 19 heavy (non-hydrogen) atoms. The second-order valence-corrected chi connectivity index (χ2v) is 6.25. The van der Waals surface area contributed by atoms with E-state index in [9.17, 15) is 0 Å². The molecule has 0 aliphatic heterocycles. The van der Waals surface area contributed by atoms with Crippen LogP contribution in [-0.2, 0) is 6.54 Å². The van der Waals surface area contributed by atoms with E-state index in [1.54, 1.807) is 0 Å². The van der Waals surface area contributed by atoms with Crippen molar-refractivity contribution in [1.82, 2.24) is 5.32 Å². The summed E-state index contributed by atoms with van der Waals surface area (Å²) >= 11 is 3.59. The Kier molecular flexibility index (Phi) is 5.71. The third-order valence-corrected chi connectivity index (χ3v) is 4.81. The second-order valence-electron chi connectivity index (χ2n) is 5.39. The van der Waals surface area contributed by atoms with Crippen LogP contribution in [0.3, 0.4) is 0 Å². The maximum Gasteiger partial charge on any atom is 0.120 e. The molecule has 2 rings (SSSR count). The second kappa shape index (κ2) is 7.30. The average Bonchev–Trinajstić information content (AvgIpc) is 2.43. The van der Waals surface area contributed by atoms with Gasteiger partial charge in [0, 0.05) is 11.0 Å². The Morgan fingerprint density at radius 3 is 2.84 bits per heavy atom. The zero-order valence-electron chi connectivity index (χ0n) is 11.9. The van der Waals surface area contributed by atoms with Gasteiger partial charge in [-0.15, -0.1) is 0 Å². The molecule has 2 unspecified atom stereocenters. The van der Waals surface area contributed by atoms with Gasteiger partial charge in [-0.1, -0.05) is 29.3 Å². The first-order valence-electron chi connectivity index (χ1n) is 7.34. The quantitative estimate of drug-likeness (QED) is 0.859. The largest absolute Gasteiger partial charge is 0.490 e. The fourth-order valence-electron chi connectivity index (χ4n) is 2.92. The van der Waals surface area contributed by atoms with E-state index in [0.29, 0.717) is 6.10 Å². The van der Waals surface area contributed by atoms with Crippen LogP contribution in [0.15, 0.2) is 22.7 Å². The van der Waals surface area contributed by atoms with Gasteiger partial charge >= 0.3 is 0 Å². The van der Waals surface area contributed by atoms with Crippen molar-refractivity contribution in [3.05, 3.63) is 28.2 Å². The highest BCUT2D eigenvalue weighted by Crippen LogP contribution is 2.31. The van der Waals surface area contributed by atoms with E-state index in [1.165, 1.54) is 37.7 Å². The molecule has 1 fully saturated rings. The molecule has 1 saturated carbocycles. The van der Waals surface area contributed by atoms with Gasteiger partial charge in [0.2, 0.25) is 0 Å². The number of rotatable bonds is 5. The fraction of sp³-hybridized carbons (Fsp3) is 0.625. The molecule has 1 aromatic carbocycles. The summed E-state index contributed by atoms with van der Waals surface area (Å²) < 4.78 is 7.40. The lowest BCUT2D eigenvalue weighted by molar-refractivity contribution is 0.0903. The van der Waals surface area contributed by atoms with E-state index < -0.39 is 0 Å². The first-order chi connectivity index (χ1) is 9.24. The van der Waals surface area contributed by atoms with Crippen LogP contribution in [0, 0.1) is 5.92 Å². The molecule has 106 valence electrons. The molecule has 0 bridgehead atoms. The van der Waals surface area contributed by atoms with Gasteiger partial charge in [0.1, 0.15) is 11.9 Å². The van der Waals surface area contributed by atoms with Crippen molar-refractivity contribution in [3.63, 3.8) is 0 Å². The van der Waals surface area contributed by atoms with Gasteiger partial charge in [-0.2, -0.15) is 0 Å². The Labute approximate surface area is 125 Å². The number of halogens is 1. The van der Waals surface area contributed by atoms with Gasteiger partial charge in [-0.25, -0.2) is 0 Å². The van der Waals surface area contributed by atoms with Crippen LogP contribution in [0.5, 0.6) is 5.75 Å². The topological polar surface area (TPSA) is 21.3 Å². The molecule has 0 heterocycles. The molecule has 2 atom stereocenters. The maximum absolute atomic E-state index is 6.25. The minimum atomic E-state index is 0.405. The van der Waals surface area contributed by atoms with Crippen LogP contribution in [-0.4, -0.2) is 13.2 Å². The van der Waals surface area contributed by atoms with E-state index in [0.717, 1.165) is 22.7 Å². The average molecular weight is 326 g/mol. The third-order valence-electron chi connectivity index (χ3n) is 4.04. The SMILES string of the molecule is CCC1CCCCC1Oc1ccc(Br)c(CNC)c1. The molecule has 3 heteroatoms. The highest BCUT2D eigenvalue weighted by Gasteiger charge is 2.25. The van der Waals surface area contributed by atoms with Gasteiger partial charge in [0.15, 0.2) is 0 Å². The Balaban J connectivity index is 2.07. The molecule has 0 aromatic heterocycles. The molecular formula is C16H24BrNO. The molecule has 2 nitrogen and oxygen atoms in total. The molecular weight excluding hydrogens is 302 g/mol. The molecule has 1 aliphatic carbocycles. The van der Waals surface area contributed by atoms with Crippen LogP contribution in [0.25, 0.3) is 0 Å². The van der Waals surface area contributed by atoms with E-state index in [-0.39, 0.29) is 0 Å². The zero-order valence-corrected chi connectivity index (χ0v) is 13.5. The fourth-order valence-corrected chi connectivity index (χ4v) is 3.31. The molecule has 0 radical (unpaired) electrons. The molecule has 1 aliphatic rings. The maximum atomic E-state index is 6.25. The lowest BCUT2D eigenvalue weighted by Gasteiger charge is -2.31. The lowest BCUT2D eigenvalue weighted by atomic mass is 9.85. The molecule has 1 N–H and O–H groups in total. The summed E-state index contributed by atoms with van der Waals surface area (Å²) in [7, 11) is 1.97. The number of hydrogen-bond acceptors (Lipinski definition) is 2. The third kappa shape index (κ3) is 3.96. The van der Waals surface area contributed by atoms with Gasteiger partial charge in [0.25, 0.3) is 0 Å². The van der Waals surface area contributed by atoms with Gasteiger partial charge in [0.05, 0.1) is 0 Å². The van der Waals surface area contributed by atoms with Crippen molar-refractivity contribution in [2.24, 2.45) is 5.92 Å². The van der Waals surface area contributed by atoms with E-state index >= 15 is 0 Å². The summed E-state index contributed by atoms with van der Waals surface area (Å²) in [5.41, 5.74) is 1.25. The Morgan fingerprint density at radius 2 is 2.11 bits per heavy atom. The van der Waals surface area contributed by atoms with Crippen molar-refractivity contribution in [1.29, 1.82) is 0 Å². The van der Waals surface area contributed by atoms with Crippen molar-refractivity contribution < 1.29 is 4.74 Å². The summed E-state index contributed by atoms with van der Waals surface area (Å²) in [6, 6.07) is 6.32. The predicted molar refractivity (Wildman–Crippen MR) is 83.6 cm³/mol. The van der Waals surface area contributed by atoms with Crippen LogP contribution < -0.4 is 10.1 Å². The molecule has 0 saturated heterocycles. The first-order valence-corrected chi connectivity index (χ1v) is 8.13. The van der Waals surface area contributed by atoms with Crippen LogP contribution in [0.1, 0.15) is 44.6 Å². The first kappa shape index (κ1) is 14.9. The van der Waals surface area contributed by atoms with Crippen molar-refractivity contribution in [2.45, 2.75) is 51.7 Å². The van der Waals surface area contributed by atoms with Crippen LogP contribution in [0.2, 0.25) is 0 Å². The Hall–Kier alpha value is -0.540. The van der Waals surface area contributed by atoms with E-state index in [1.807, 2.05) is 7.05 Å². The zero-order chi connectivity index (χ0) is 13.7. The van der Waals surface area contributed by atoms with E-state index in [2.05, 4.69) is 46.4 Å². The summed E-state index contributed by atoms with van der Waals surface area (Å²) in [4.78, 5) is 0. The van der Waals surface area contributed by atoms with Crippen LogP contribution >= 0.6 is 15.9 Å². The van der Waals surface area contributed by atoms with Crippen molar-refractivity contribution in [3.8, 4) is 5.75 Å². The highest BCUT2D eigenvalue weighted by atomic mass is 79.9. The summed E-state index contributed by atoms with van der Waals surface area (Å²) in [6.07, 6.45) is 6.83. The van der Waals surface area contributed by atoms with Gasteiger partial charge < -0.3 is 10.1 Å². The van der Waals surface area contributed by atoms with E-state index in [4.69, 9.17) is 4.74 Å². The predicted octanol–water partition coefficient (Wildman–Crippen LogP) is 4.52. The molecule has 1 aromatic rings. The number of nitrogens with one attached hydrogen (secondary N) is 1. The van der Waals surface area contributed by atoms with Crippen LogP contribution in [0.4, 0.5) is 0 Å². The normalized spacial score (nSPS) is 23.3. The number of benzene rings is 1. The Morgan fingerprint density at radius 1 is 1.32 bits per heavy atom. The van der Waals surface area contributed by atoms with Crippen molar-refractivity contribution in [2.75, 3.05) is 7.05 Å². The number of ether oxygens (including phenoxy) is 1. The summed E-state index contributed by atoms with van der Waals surface area (Å²) in [5, 5.41) is 3.19. The monoisotopic (exact) mass is 325 g/mol. The molecule has 0 amide bonds. The van der Waals surface area contributed by atoms with Gasteiger partial charge in [-0.05, 0) is 62.4 Å². The summed E-state index contributed by atoms with van der Waals surface area (Å²) in [6.45, 7) is 3.14. The minimum Gasteiger partial charge on any atom is -0.490 e. The standard InChI is InChI=1S/C16H24BrNO/c1-3-12-6-4-5-7-16(12)19-14-8-9-15(17)13(10-14)11-18-2/h8-10,12,16,18H,3-7,11H2,1-2H3. The Bertz CT molecular complexity index is 408. The van der Waals surface area contributed by atoms with Crippen molar-refractivity contribution >= 4 is 15.9 Å². The lowest BCUT2D eigenvalue weighted by Crippen LogP contribution is -2.29. The molecule has 0 spiro atoms. The number of hydrogen-bond donors (Lipinski definition) is 1. The highest BCUT2D eigenvalue weighted by molar-refractivity contribution is 9.10. The smallest absolute Gasteiger partial charge is 0.120 e. The minimum absolute atomic E-state index is 0.405. The summed E-state index contributed by atoms with van der Waals surface area (Å²) in [5.74, 6) is 1.74.